The lowest BCUT2D eigenvalue weighted by atomic mass is 9.96. The number of fused-ring (bicyclic) bond motifs is 1. The number of carbonyl (C=O) groups excluding carboxylic acids is 1. The highest BCUT2D eigenvalue weighted by Crippen LogP contribution is 2.28. The van der Waals surface area contributed by atoms with Crippen LogP contribution in [0.5, 0.6) is 0 Å². The maximum absolute atomic E-state index is 13.8. The van der Waals surface area contributed by atoms with Gasteiger partial charge in [0.05, 0.1) is 29.8 Å². The van der Waals surface area contributed by atoms with Crippen LogP contribution in [0.25, 0.3) is 11.0 Å². The molecular weight excluding hydrogens is 417 g/mol. The zero-order valence-electron chi connectivity index (χ0n) is 18.3. The number of aromatic nitrogens is 3. The number of anilines is 1. The fourth-order valence-electron chi connectivity index (χ4n) is 4.44. The number of hydrogen-bond acceptors (Lipinski definition) is 4. The molecule has 168 valence electrons. The number of imidazole rings is 1. The van der Waals surface area contributed by atoms with Crippen LogP contribution in [0.2, 0.25) is 0 Å². The summed E-state index contributed by atoms with van der Waals surface area (Å²) in [6, 6.07) is 20.4. The van der Waals surface area contributed by atoms with Gasteiger partial charge in [-0.1, -0.05) is 30.3 Å². The quantitative estimate of drug-likeness (QED) is 0.486. The standard InChI is InChI=1S/C26H26FN5O/c27-21-7-5-6-19(16-21)18-32-24-10-2-1-9-23(24)30-26(32)31-14-11-20(12-15-31)25(33)29-17-22-8-3-4-13-28-22/h1-10,13,16,20H,11-12,14-15,17-18H2,(H,29,33). The summed E-state index contributed by atoms with van der Waals surface area (Å²) in [6.07, 6.45) is 3.25. The number of nitrogens with one attached hydrogen (secondary N) is 1. The Morgan fingerprint density at radius 2 is 1.85 bits per heavy atom. The Bertz CT molecular complexity index is 1250. The summed E-state index contributed by atoms with van der Waals surface area (Å²) in [5.74, 6) is 0.684. The number of halogens is 1. The fourth-order valence-corrected chi connectivity index (χ4v) is 4.44. The molecule has 1 saturated heterocycles. The minimum Gasteiger partial charge on any atom is -0.350 e. The molecule has 0 bridgehead atoms. The molecule has 0 aliphatic carbocycles. The maximum Gasteiger partial charge on any atom is 0.223 e. The van der Waals surface area contributed by atoms with E-state index >= 15 is 0 Å². The predicted octanol–water partition coefficient (Wildman–Crippen LogP) is 4.15. The molecule has 4 aromatic rings. The van der Waals surface area contributed by atoms with Gasteiger partial charge in [-0.2, -0.15) is 0 Å². The zero-order chi connectivity index (χ0) is 22.6. The highest BCUT2D eigenvalue weighted by atomic mass is 19.1. The molecule has 1 aliphatic rings. The molecule has 1 amide bonds. The summed E-state index contributed by atoms with van der Waals surface area (Å²) in [5, 5.41) is 3.02. The molecule has 2 aromatic carbocycles. The molecule has 1 aliphatic heterocycles. The monoisotopic (exact) mass is 443 g/mol. The number of amides is 1. The van der Waals surface area contributed by atoms with Gasteiger partial charge in [0.15, 0.2) is 0 Å². The molecule has 0 atom stereocenters. The van der Waals surface area contributed by atoms with Gasteiger partial charge in [-0.05, 0) is 54.8 Å². The van der Waals surface area contributed by atoms with Crippen molar-refractivity contribution in [2.45, 2.75) is 25.9 Å². The second kappa shape index (κ2) is 9.40. The average Bonchev–Trinajstić information content (AvgIpc) is 3.21. The molecule has 0 unspecified atom stereocenters. The third-order valence-corrected chi connectivity index (χ3v) is 6.18. The molecule has 33 heavy (non-hydrogen) atoms. The molecule has 6 nitrogen and oxygen atoms in total. The lowest BCUT2D eigenvalue weighted by Crippen LogP contribution is -2.41. The van der Waals surface area contributed by atoms with Crippen molar-refractivity contribution in [3.05, 3.63) is 90.0 Å². The molecule has 7 heteroatoms. The van der Waals surface area contributed by atoms with Crippen LogP contribution in [0.4, 0.5) is 10.3 Å². The Morgan fingerprint density at radius 1 is 1.03 bits per heavy atom. The van der Waals surface area contributed by atoms with E-state index in [9.17, 15) is 9.18 Å². The molecule has 0 radical (unpaired) electrons. The number of carbonyl (C=O) groups is 1. The van der Waals surface area contributed by atoms with Crippen molar-refractivity contribution in [1.82, 2.24) is 19.9 Å². The van der Waals surface area contributed by atoms with Crippen LogP contribution >= 0.6 is 0 Å². The van der Waals surface area contributed by atoms with Crippen molar-refractivity contribution < 1.29 is 9.18 Å². The largest absolute Gasteiger partial charge is 0.350 e. The van der Waals surface area contributed by atoms with Gasteiger partial charge >= 0.3 is 0 Å². The van der Waals surface area contributed by atoms with E-state index in [1.165, 1.54) is 6.07 Å². The van der Waals surface area contributed by atoms with Gasteiger partial charge in [0, 0.05) is 25.2 Å². The number of piperidine rings is 1. The topological polar surface area (TPSA) is 63.1 Å². The van der Waals surface area contributed by atoms with Crippen LogP contribution in [0.3, 0.4) is 0 Å². The van der Waals surface area contributed by atoms with Gasteiger partial charge in [0.1, 0.15) is 5.82 Å². The van der Waals surface area contributed by atoms with Gasteiger partial charge in [0.25, 0.3) is 0 Å². The number of rotatable bonds is 6. The number of para-hydroxylation sites is 2. The summed E-state index contributed by atoms with van der Waals surface area (Å²) in [6.45, 7) is 2.48. The molecule has 2 aromatic heterocycles. The summed E-state index contributed by atoms with van der Waals surface area (Å²) in [5.41, 5.74) is 3.68. The summed E-state index contributed by atoms with van der Waals surface area (Å²) < 4.78 is 15.9. The van der Waals surface area contributed by atoms with Crippen molar-refractivity contribution in [3.63, 3.8) is 0 Å². The van der Waals surface area contributed by atoms with E-state index in [1.54, 1.807) is 18.3 Å². The first-order valence-electron chi connectivity index (χ1n) is 11.3. The Labute approximate surface area is 192 Å². The average molecular weight is 444 g/mol. The van der Waals surface area contributed by atoms with E-state index in [1.807, 2.05) is 48.5 Å². The van der Waals surface area contributed by atoms with E-state index in [4.69, 9.17) is 4.98 Å². The third kappa shape index (κ3) is 4.72. The van der Waals surface area contributed by atoms with Crippen LogP contribution in [-0.4, -0.2) is 33.5 Å². The molecule has 3 heterocycles. The Hall–Kier alpha value is -3.74. The van der Waals surface area contributed by atoms with Crippen LogP contribution in [0.1, 0.15) is 24.1 Å². The first kappa shape index (κ1) is 21.1. The maximum atomic E-state index is 13.8. The van der Waals surface area contributed by atoms with Crippen molar-refractivity contribution in [1.29, 1.82) is 0 Å². The van der Waals surface area contributed by atoms with E-state index in [-0.39, 0.29) is 17.6 Å². The van der Waals surface area contributed by atoms with Crippen molar-refractivity contribution in [2.24, 2.45) is 5.92 Å². The van der Waals surface area contributed by atoms with Gasteiger partial charge in [-0.25, -0.2) is 9.37 Å². The van der Waals surface area contributed by atoms with Crippen LogP contribution in [0, 0.1) is 11.7 Å². The van der Waals surface area contributed by atoms with Crippen molar-refractivity contribution >= 4 is 22.9 Å². The second-order valence-electron chi connectivity index (χ2n) is 8.42. The predicted molar refractivity (Wildman–Crippen MR) is 126 cm³/mol. The molecular formula is C26H26FN5O. The normalized spacial score (nSPS) is 14.5. The molecule has 1 fully saturated rings. The molecule has 1 N–H and O–H groups in total. The van der Waals surface area contributed by atoms with Crippen LogP contribution in [-0.2, 0) is 17.9 Å². The minimum atomic E-state index is -0.240. The summed E-state index contributed by atoms with van der Waals surface area (Å²) in [4.78, 5) is 24.1. The van der Waals surface area contributed by atoms with Crippen molar-refractivity contribution in [2.75, 3.05) is 18.0 Å². The Balaban J connectivity index is 1.29. The van der Waals surface area contributed by atoms with Gasteiger partial charge in [0.2, 0.25) is 11.9 Å². The Kier molecular flexibility index (Phi) is 6.02. The fraction of sp³-hybridized carbons (Fsp3) is 0.269. The summed E-state index contributed by atoms with van der Waals surface area (Å²) >= 11 is 0. The molecule has 5 rings (SSSR count). The number of hydrogen-bond donors (Lipinski definition) is 1. The lowest BCUT2D eigenvalue weighted by molar-refractivity contribution is -0.125. The van der Waals surface area contributed by atoms with E-state index < -0.39 is 0 Å². The molecule has 0 saturated carbocycles. The zero-order valence-corrected chi connectivity index (χ0v) is 18.3. The van der Waals surface area contributed by atoms with Gasteiger partial charge in [-0.3, -0.25) is 9.78 Å². The Morgan fingerprint density at radius 3 is 2.64 bits per heavy atom. The third-order valence-electron chi connectivity index (χ3n) is 6.18. The summed E-state index contributed by atoms with van der Waals surface area (Å²) in [7, 11) is 0. The van der Waals surface area contributed by atoms with E-state index in [2.05, 4.69) is 19.8 Å². The lowest BCUT2D eigenvalue weighted by Gasteiger charge is -2.32. The number of nitrogens with zero attached hydrogens (tertiary/aromatic N) is 4. The van der Waals surface area contributed by atoms with E-state index in [0.29, 0.717) is 13.1 Å². The van der Waals surface area contributed by atoms with Gasteiger partial charge in [-0.15, -0.1) is 0 Å². The number of pyridine rings is 1. The molecule has 0 spiro atoms. The second-order valence-corrected chi connectivity index (χ2v) is 8.42. The van der Waals surface area contributed by atoms with Gasteiger partial charge < -0.3 is 14.8 Å². The van der Waals surface area contributed by atoms with Crippen LogP contribution in [0.15, 0.2) is 72.9 Å². The van der Waals surface area contributed by atoms with Crippen LogP contribution < -0.4 is 10.2 Å². The first-order valence-corrected chi connectivity index (χ1v) is 11.3. The first-order chi connectivity index (χ1) is 16.2. The highest BCUT2D eigenvalue weighted by molar-refractivity contribution is 5.80. The smallest absolute Gasteiger partial charge is 0.223 e. The van der Waals surface area contributed by atoms with Crippen molar-refractivity contribution in [3.8, 4) is 0 Å². The van der Waals surface area contributed by atoms with E-state index in [0.717, 1.165) is 54.2 Å². The minimum absolute atomic E-state index is 0.0222. The number of benzene rings is 2. The highest BCUT2D eigenvalue weighted by Gasteiger charge is 2.27. The SMILES string of the molecule is O=C(NCc1ccccn1)C1CCN(c2nc3ccccc3n2Cc2cccc(F)c2)CC1.